The SMILES string of the molecule is CCOc1ccc2c(c1Cl)C(=O)N(C1CCC(=O)NC1=O)C2. The number of carbonyl (C=O) groups is 3. The van der Waals surface area contributed by atoms with E-state index in [2.05, 4.69) is 5.32 Å². The first-order valence-corrected chi connectivity index (χ1v) is 7.49. The predicted octanol–water partition coefficient (Wildman–Crippen LogP) is 1.50. The second kappa shape index (κ2) is 5.61. The van der Waals surface area contributed by atoms with Gasteiger partial charge < -0.3 is 9.64 Å². The smallest absolute Gasteiger partial charge is 0.256 e. The molecule has 0 saturated carbocycles. The summed E-state index contributed by atoms with van der Waals surface area (Å²) in [5, 5.41) is 2.55. The average molecular weight is 323 g/mol. The largest absolute Gasteiger partial charge is 0.492 e. The van der Waals surface area contributed by atoms with E-state index in [1.54, 1.807) is 12.1 Å². The molecule has 0 radical (unpaired) electrons. The summed E-state index contributed by atoms with van der Waals surface area (Å²) in [5.74, 6) is -0.571. The van der Waals surface area contributed by atoms with Crippen molar-refractivity contribution in [3.63, 3.8) is 0 Å². The number of fused-ring (bicyclic) bond motifs is 1. The molecule has 3 rings (SSSR count). The lowest BCUT2D eigenvalue weighted by atomic mass is 10.0. The van der Waals surface area contributed by atoms with Gasteiger partial charge in [-0.1, -0.05) is 17.7 Å². The highest BCUT2D eigenvalue weighted by molar-refractivity contribution is 6.35. The maximum absolute atomic E-state index is 12.6. The van der Waals surface area contributed by atoms with Crippen LogP contribution in [0.5, 0.6) is 5.75 Å². The lowest BCUT2D eigenvalue weighted by molar-refractivity contribution is -0.136. The van der Waals surface area contributed by atoms with E-state index >= 15 is 0 Å². The molecule has 2 aliphatic rings. The first-order chi connectivity index (χ1) is 10.5. The maximum atomic E-state index is 12.6. The zero-order valence-corrected chi connectivity index (χ0v) is 12.8. The summed E-state index contributed by atoms with van der Waals surface area (Å²) in [6, 6.07) is 2.88. The quantitative estimate of drug-likeness (QED) is 0.856. The third-order valence-corrected chi connectivity index (χ3v) is 4.27. The van der Waals surface area contributed by atoms with Crippen LogP contribution in [0, 0.1) is 0 Å². The molecule has 2 heterocycles. The Kier molecular flexibility index (Phi) is 3.78. The van der Waals surface area contributed by atoms with Gasteiger partial charge in [-0.3, -0.25) is 19.7 Å². The van der Waals surface area contributed by atoms with Crippen LogP contribution in [0.3, 0.4) is 0 Å². The highest BCUT2D eigenvalue weighted by Gasteiger charge is 2.40. The third kappa shape index (κ3) is 2.33. The molecule has 22 heavy (non-hydrogen) atoms. The van der Waals surface area contributed by atoms with Crippen LogP contribution in [-0.2, 0) is 16.1 Å². The van der Waals surface area contributed by atoms with Crippen LogP contribution in [0.2, 0.25) is 5.02 Å². The van der Waals surface area contributed by atoms with Crippen LogP contribution in [0.15, 0.2) is 12.1 Å². The Morgan fingerprint density at radius 2 is 2.14 bits per heavy atom. The second-order valence-corrected chi connectivity index (χ2v) is 5.62. The molecular weight excluding hydrogens is 308 g/mol. The van der Waals surface area contributed by atoms with Crippen molar-refractivity contribution in [2.24, 2.45) is 0 Å². The molecule has 7 heteroatoms. The van der Waals surface area contributed by atoms with Crippen molar-refractivity contribution in [2.75, 3.05) is 6.61 Å². The molecule has 0 bridgehead atoms. The average Bonchev–Trinajstić information content (AvgIpc) is 2.80. The first-order valence-electron chi connectivity index (χ1n) is 7.11. The Labute approximate surface area is 132 Å². The number of ether oxygens (including phenoxy) is 1. The number of hydrogen-bond acceptors (Lipinski definition) is 4. The van der Waals surface area contributed by atoms with Crippen LogP contribution in [0.1, 0.15) is 35.7 Å². The second-order valence-electron chi connectivity index (χ2n) is 5.24. The standard InChI is InChI=1S/C15H15ClN2O4/c1-2-22-10-5-3-8-7-18(15(21)12(8)13(10)16)9-4-6-11(19)17-14(9)20/h3,5,9H,2,4,6-7H2,1H3,(H,17,19,20). The molecule has 116 valence electrons. The van der Waals surface area contributed by atoms with Crippen LogP contribution in [-0.4, -0.2) is 35.3 Å². The monoisotopic (exact) mass is 322 g/mol. The fourth-order valence-electron chi connectivity index (χ4n) is 2.86. The zero-order chi connectivity index (χ0) is 15.9. The van der Waals surface area contributed by atoms with Crippen molar-refractivity contribution in [2.45, 2.75) is 32.4 Å². The van der Waals surface area contributed by atoms with Crippen LogP contribution >= 0.6 is 11.6 Å². The number of amides is 3. The fourth-order valence-corrected chi connectivity index (χ4v) is 3.18. The van der Waals surface area contributed by atoms with Gasteiger partial charge in [-0.2, -0.15) is 0 Å². The summed E-state index contributed by atoms with van der Waals surface area (Å²) >= 11 is 6.26. The fraction of sp³-hybridized carbons (Fsp3) is 0.400. The molecule has 3 amide bonds. The summed E-state index contributed by atoms with van der Waals surface area (Å²) < 4.78 is 5.40. The van der Waals surface area contributed by atoms with Crippen molar-refractivity contribution in [3.05, 3.63) is 28.3 Å². The van der Waals surface area contributed by atoms with E-state index in [1.165, 1.54) is 4.90 Å². The van der Waals surface area contributed by atoms with Gasteiger partial charge in [0.2, 0.25) is 11.8 Å². The van der Waals surface area contributed by atoms with Gasteiger partial charge in [0.15, 0.2) is 0 Å². The summed E-state index contributed by atoms with van der Waals surface area (Å²) in [4.78, 5) is 37.3. The van der Waals surface area contributed by atoms with Crippen molar-refractivity contribution >= 4 is 29.3 Å². The van der Waals surface area contributed by atoms with Gasteiger partial charge in [0.25, 0.3) is 5.91 Å². The number of benzene rings is 1. The van der Waals surface area contributed by atoms with Gasteiger partial charge in [-0.25, -0.2) is 0 Å². The number of imide groups is 1. The molecule has 0 aliphatic carbocycles. The number of halogens is 1. The normalized spacial score (nSPS) is 20.9. The van der Waals surface area contributed by atoms with E-state index in [0.717, 1.165) is 5.56 Å². The maximum Gasteiger partial charge on any atom is 0.256 e. The molecular formula is C15H15ClN2O4. The number of hydrogen-bond donors (Lipinski definition) is 1. The highest BCUT2D eigenvalue weighted by Crippen LogP contribution is 2.37. The minimum Gasteiger partial charge on any atom is -0.492 e. The molecule has 6 nitrogen and oxygen atoms in total. The lowest BCUT2D eigenvalue weighted by Crippen LogP contribution is -2.52. The van der Waals surface area contributed by atoms with E-state index in [0.29, 0.717) is 30.9 Å². The minimum absolute atomic E-state index is 0.231. The van der Waals surface area contributed by atoms with E-state index in [1.807, 2.05) is 6.92 Å². The van der Waals surface area contributed by atoms with Crippen molar-refractivity contribution in [3.8, 4) is 5.75 Å². The Hall–Kier alpha value is -2.08. The van der Waals surface area contributed by atoms with E-state index in [4.69, 9.17) is 16.3 Å². The van der Waals surface area contributed by atoms with Crippen molar-refractivity contribution < 1.29 is 19.1 Å². The molecule has 1 aromatic rings. The number of piperidine rings is 1. The molecule has 1 saturated heterocycles. The molecule has 1 atom stereocenters. The molecule has 2 aliphatic heterocycles. The summed E-state index contributed by atoms with van der Waals surface area (Å²) in [7, 11) is 0. The molecule has 1 N–H and O–H groups in total. The van der Waals surface area contributed by atoms with Gasteiger partial charge in [-0.15, -0.1) is 0 Å². The van der Waals surface area contributed by atoms with Crippen molar-refractivity contribution in [1.82, 2.24) is 10.2 Å². The Morgan fingerprint density at radius 3 is 2.82 bits per heavy atom. The number of nitrogens with zero attached hydrogens (tertiary/aromatic N) is 1. The highest BCUT2D eigenvalue weighted by atomic mass is 35.5. The van der Waals surface area contributed by atoms with Gasteiger partial charge >= 0.3 is 0 Å². The minimum atomic E-state index is -0.635. The molecule has 1 aromatic carbocycles. The van der Waals surface area contributed by atoms with Gasteiger partial charge in [0, 0.05) is 13.0 Å². The van der Waals surface area contributed by atoms with Crippen LogP contribution in [0.4, 0.5) is 0 Å². The van der Waals surface area contributed by atoms with Gasteiger partial charge in [0.05, 0.1) is 17.2 Å². The molecule has 1 unspecified atom stereocenters. The third-order valence-electron chi connectivity index (χ3n) is 3.89. The number of nitrogens with one attached hydrogen (secondary N) is 1. The van der Waals surface area contributed by atoms with E-state index in [9.17, 15) is 14.4 Å². The van der Waals surface area contributed by atoms with Gasteiger partial charge in [0.1, 0.15) is 11.8 Å². The summed E-state index contributed by atoms with van der Waals surface area (Å²) in [6.07, 6.45) is 0.564. The van der Waals surface area contributed by atoms with E-state index in [-0.39, 0.29) is 23.3 Å². The van der Waals surface area contributed by atoms with E-state index < -0.39 is 11.9 Å². The lowest BCUT2D eigenvalue weighted by Gasteiger charge is -2.29. The topological polar surface area (TPSA) is 75.7 Å². The predicted molar refractivity (Wildman–Crippen MR) is 78.7 cm³/mol. The number of rotatable bonds is 3. The Balaban J connectivity index is 1.90. The Morgan fingerprint density at radius 1 is 1.36 bits per heavy atom. The molecule has 0 aromatic heterocycles. The van der Waals surface area contributed by atoms with Gasteiger partial charge in [-0.05, 0) is 25.0 Å². The summed E-state index contributed by atoms with van der Waals surface area (Å²) in [6.45, 7) is 2.59. The zero-order valence-electron chi connectivity index (χ0n) is 12.0. The Bertz CT molecular complexity index is 674. The molecule has 1 fully saturated rings. The molecule has 0 spiro atoms. The number of carbonyl (C=O) groups excluding carboxylic acids is 3. The van der Waals surface area contributed by atoms with Crippen LogP contribution < -0.4 is 10.1 Å². The van der Waals surface area contributed by atoms with Crippen LogP contribution in [0.25, 0.3) is 0 Å². The van der Waals surface area contributed by atoms with Crippen molar-refractivity contribution in [1.29, 1.82) is 0 Å². The summed E-state index contributed by atoms with van der Waals surface area (Å²) in [5.41, 5.74) is 1.15. The first kappa shape index (κ1) is 14.8.